The van der Waals surface area contributed by atoms with E-state index in [0.717, 1.165) is 65.7 Å². The SMILES string of the molecule is CC(=O)OC1CCCCC(c2ccccc2Cn2nc(-c3ccccc3)c(-c3ccccc3)c2-c2ccccc2)C1. The fourth-order valence-corrected chi connectivity index (χ4v) is 6.32. The molecule has 0 aliphatic heterocycles. The summed E-state index contributed by atoms with van der Waals surface area (Å²) >= 11 is 0. The van der Waals surface area contributed by atoms with Crippen molar-refractivity contribution in [3.05, 3.63) is 126 Å². The molecule has 0 spiro atoms. The van der Waals surface area contributed by atoms with E-state index in [1.54, 1.807) is 0 Å². The standard InChI is InChI=1S/C37H36N2O2/c1-27(40)41-33-23-13-11-21-31(25-33)34-24-14-12-22-32(34)26-39-37(30-19-9-4-10-20-30)35(28-15-5-2-6-16-28)36(38-39)29-17-7-3-8-18-29/h2-10,12,14-20,22,24,31,33H,11,13,21,23,25-26H2,1H3. The summed E-state index contributed by atoms with van der Waals surface area (Å²) in [4.78, 5) is 11.8. The van der Waals surface area contributed by atoms with Gasteiger partial charge in [-0.1, -0.05) is 122 Å². The molecule has 41 heavy (non-hydrogen) atoms. The highest BCUT2D eigenvalue weighted by atomic mass is 16.5. The van der Waals surface area contributed by atoms with Crippen molar-refractivity contribution in [1.82, 2.24) is 9.78 Å². The Morgan fingerprint density at radius 1 is 0.756 bits per heavy atom. The van der Waals surface area contributed by atoms with E-state index < -0.39 is 0 Å². The van der Waals surface area contributed by atoms with Gasteiger partial charge >= 0.3 is 5.97 Å². The summed E-state index contributed by atoms with van der Waals surface area (Å²) in [5, 5.41) is 5.33. The van der Waals surface area contributed by atoms with Gasteiger partial charge in [0.1, 0.15) is 11.8 Å². The molecule has 0 N–H and O–H groups in total. The van der Waals surface area contributed by atoms with Crippen molar-refractivity contribution in [3.63, 3.8) is 0 Å². The predicted octanol–water partition coefficient (Wildman–Crippen LogP) is 8.91. The molecule has 0 saturated heterocycles. The second-order valence-electron chi connectivity index (χ2n) is 11.0. The molecule has 0 bridgehead atoms. The maximum atomic E-state index is 11.8. The van der Waals surface area contributed by atoms with Gasteiger partial charge in [0.25, 0.3) is 0 Å². The Bertz CT molecular complexity index is 1590. The van der Waals surface area contributed by atoms with Crippen LogP contribution in [0.2, 0.25) is 0 Å². The largest absolute Gasteiger partial charge is 0.463 e. The summed E-state index contributed by atoms with van der Waals surface area (Å²) in [6, 6.07) is 40.4. The first-order valence-corrected chi connectivity index (χ1v) is 14.7. The van der Waals surface area contributed by atoms with Crippen molar-refractivity contribution in [1.29, 1.82) is 0 Å². The first-order chi connectivity index (χ1) is 20.2. The van der Waals surface area contributed by atoms with E-state index in [1.165, 1.54) is 18.1 Å². The predicted molar refractivity (Wildman–Crippen MR) is 165 cm³/mol. The second-order valence-corrected chi connectivity index (χ2v) is 11.0. The lowest BCUT2D eigenvalue weighted by molar-refractivity contribution is -0.147. The minimum absolute atomic E-state index is 0.0213. The summed E-state index contributed by atoms with van der Waals surface area (Å²) in [6.45, 7) is 2.17. The minimum atomic E-state index is -0.185. The monoisotopic (exact) mass is 540 g/mol. The average Bonchev–Trinajstić information content (AvgIpc) is 3.23. The normalized spacial score (nSPS) is 17.1. The van der Waals surface area contributed by atoms with Gasteiger partial charge in [0.2, 0.25) is 0 Å². The van der Waals surface area contributed by atoms with E-state index in [2.05, 4.69) is 114 Å². The number of carbonyl (C=O) groups excluding carboxylic acids is 1. The molecule has 1 aromatic heterocycles. The molecule has 0 amide bonds. The van der Waals surface area contributed by atoms with Crippen LogP contribution in [-0.4, -0.2) is 21.9 Å². The molecule has 4 aromatic carbocycles. The van der Waals surface area contributed by atoms with Crippen LogP contribution >= 0.6 is 0 Å². The highest BCUT2D eigenvalue weighted by Gasteiger charge is 2.27. The van der Waals surface area contributed by atoms with Gasteiger partial charge in [0, 0.05) is 23.6 Å². The Hall–Kier alpha value is -4.44. The smallest absolute Gasteiger partial charge is 0.302 e. The van der Waals surface area contributed by atoms with E-state index >= 15 is 0 Å². The van der Waals surface area contributed by atoms with Crippen molar-refractivity contribution in [2.45, 2.75) is 57.6 Å². The number of ether oxygens (including phenoxy) is 1. The van der Waals surface area contributed by atoms with Gasteiger partial charge in [0.15, 0.2) is 0 Å². The first kappa shape index (κ1) is 26.8. The summed E-state index contributed by atoms with van der Waals surface area (Å²) in [7, 11) is 0. The lowest BCUT2D eigenvalue weighted by atomic mass is 9.87. The fourth-order valence-electron chi connectivity index (χ4n) is 6.32. The van der Waals surface area contributed by atoms with Gasteiger partial charge in [-0.05, 0) is 48.3 Å². The van der Waals surface area contributed by atoms with Crippen LogP contribution in [0, 0.1) is 0 Å². The molecular weight excluding hydrogens is 504 g/mol. The molecule has 206 valence electrons. The van der Waals surface area contributed by atoms with Crippen LogP contribution in [0.15, 0.2) is 115 Å². The molecule has 0 radical (unpaired) electrons. The molecule has 4 heteroatoms. The Morgan fingerprint density at radius 2 is 1.34 bits per heavy atom. The van der Waals surface area contributed by atoms with E-state index in [1.807, 2.05) is 6.07 Å². The summed E-state index contributed by atoms with van der Waals surface area (Å²) in [5.74, 6) is 0.158. The molecule has 2 unspecified atom stereocenters. The van der Waals surface area contributed by atoms with Gasteiger partial charge in [-0.3, -0.25) is 9.48 Å². The highest BCUT2D eigenvalue weighted by Crippen LogP contribution is 2.41. The zero-order chi connectivity index (χ0) is 28.0. The van der Waals surface area contributed by atoms with Gasteiger partial charge in [-0.25, -0.2) is 0 Å². The van der Waals surface area contributed by atoms with Crippen molar-refractivity contribution < 1.29 is 9.53 Å². The van der Waals surface area contributed by atoms with Crippen LogP contribution in [0.1, 0.15) is 56.1 Å². The van der Waals surface area contributed by atoms with Crippen molar-refractivity contribution in [3.8, 4) is 33.6 Å². The number of esters is 1. The van der Waals surface area contributed by atoms with E-state index in [9.17, 15) is 4.79 Å². The van der Waals surface area contributed by atoms with Crippen LogP contribution in [0.5, 0.6) is 0 Å². The average molecular weight is 541 g/mol. The topological polar surface area (TPSA) is 44.1 Å². The van der Waals surface area contributed by atoms with Crippen LogP contribution < -0.4 is 0 Å². The molecule has 1 heterocycles. The van der Waals surface area contributed by atoms with Crippen LogP contribution in [0.3, 0.4) is 0 Å². The molecule has 1 fully saturated rings. The summed E-state index contributed by atoms with van der Waals surface area (Å²) in [6.07, 6.45) is 5.12. The lowest BCUT2D eigenvalue weighted by Gasteiger charge is -2.23. The van der Waals surface area contributed by atoms with Crippen LogP contribution in [0.25, 0.3) is 33.6 Å². The Balaban J connectivity index is 1.48. The zero-order valence-corrected chi connectivity index (χ0v) is 23.6. The van der Waals surface area contributed by atoms with E-state index in [0.29, 0.717) is 12.5 Å². The molecule has 1 saturated carbocycles. The van der Waals surface area contributed by atoms with Crippen molar-refractivity contribution >= 4 is 5.97 Å². The highest BCUT2D eigenvalue weighted by molar-refractivity contribution is 5.91. The maximum Gasteiger partial charge on any atom is 0.302 e. The van der Waals surface area contributed by atoms with Gasteiger partial charge < -0.3 is 4.74 Å². The third-order valence-corrected chi connectivity index (χ3v) is 8.13. The minimum Gasteiger partial charge on any atom is -0.463 e. The summed E-state index contributed by atoms with van der Waals surface area (Å²) in [5.41, 5.74) is 9.24. The second kappa shape index (κ2) is 12.4. The number of rotatable bonds is 7. The number of aromatic nitrogens is 2. The molecule has 1 aliphatic rings. The van der Waals surface area contributed by atoms with Crippen LogP contribution in [-0.2, 0) is 16.1 Å². The Kier molecular flexibility index (Phi) is 8.09. The Labute approximate surface area is 242 Å². The third-order valence-electron chi connectivity index (χ3n) is 8.13. The van der Waals surface area contributed by atoms with Crippen molar-refractivity contribution in [2.75, 3.05) is 0 Å². The molecule has 2 atom stereocenters. The molecule has 5 aromatic rings. The quantitative estimate of drug-likeness (QED) is 0.153. The number of hydrogen-bond acceptors (Lipinski definition) is 3. The van der Waals surface area contributed by atoms with Crippen molar-refractivity contribution in [2.24, 2.45) is 0 Å². The Morgan fingerprint density at radius 3 is 2.02 bits per heavy atom. The first-order valence-electron chi connectivity index (χ1n) is 14.7. The molecular formula is C37H36N2O2. The van der Waals surface area contributed by atoms with Crippen LogP contribution in [0.4, 0.5) is 0 Å². The van der Waals surface area contributed by atoms with Gasteiger partial charge in [-0.15, -0.1) is 0 Å². The third kappa shape index (κ3) is 6.02. The lowest BCUT2D eigenvalue weighted by Crippen LogP contribution is -2.18. The van der Waals surface area contributed by atoms with E-state index in [-0.39, 0.29) is 12.1 Å². The van der Waals surface area contributed by atoms with E-state index in [4.69, 9.17) is 9.84 Å². The number of benzene rings is 4. The zero-order valence-electron chi connectivity index (χ0n) is 23.6. The summed E-state index contributed by atoms with van der Waals surface area (Å²) < 4.78 is 7.91. The molecule has 1 aliphatic carbocycles. The number of hydrogen-bond donors (Lipinski definition) is 0. The maximum absolute atomic E-state index is 11.8. The number of carbonyl (C=O) groups is 1. The van der Waals surface area contributed by atoms with Gasteiger partial charge in [-0.2, -0.15) is 5.10 Å². The number of nitrogens with zero attached hydrogens (tertiary/aromatic N) is 2. The molecule has 6 rings (SSSR count). The molecule has 4 nitrogen and oxygen atoms in total. The van der Waals surface area contributed by atoms with Gasteiger partial charge in [0.05, 0.1) is 12.2 Å². The fraction of sp³-hybridized carbons (Fsp3) is 0.243.